The summed E-state index contributed by atoms with van der Waals surface area (Å²) in [5.74, 6) is 2.02. The molecule has 0 radical (unpaired) electrons. The molecule has 0 fully saturated rings. The molecule has 0 bridgehead atoms. The summed E-state index contributed by atoms with van der Waals surface area (Å²) in [6.45, 7) is 2.25. The van der Waals surface area contributed by atoms with Gasteiger partial charge in [0.1, 0.15) is 11.5 Å². The second kappa shape index (κ2) is 6.35. The van der Waals surface area contributed by atoms with Crippen LogP contribution in [0.5, 0.6) is 5.75 Å². The molecule has 1 aliphatic carbocycles. The predicted molar refractivity (Wildman–Crippen MR) is 83.7 cm³/mol. The molecule has 1 N–H and O–H groups in total. The molecule has 0 saturated heterocycles. The molecule has 3 heteroatoms. The Morgan fingerprint density at radius 1 is 1.38 bits per heavy atom. The number of ether oxygens (including phenoxy) is 1. The minimum Gasteiger partial charge on any atom is -0.497 e. The molecule has 21 heavy (non-hydrogen) atoms. The number of benzene rings is 1. The molecule has 1 aromatic carbocycles. The maximum atomic E-state index is 5.40. The highest BCUT2D eigenvalue weighted by Gasteiger charge is 2.24. The largest absolute Gasteiger partial charge is 0.497 e. The monoisotopic (exact) mass is 285 g/mol. The minimum absolute atomic E-state index is 0.446. The van der Waals surface area contributed by atoms with Crippen LogP contribution < -0.4 is 10.1 Å². The van der Waals surface area contributed by atoms with Gasteiger partial charge in [0.05, 0.1) is 13.4 Å². The first-order chi connectivity index (χ1) is 10.3. The lowest BCUT2D eigenvalue weighted by molar-refractivity contribution is 0.406. The fourth-order valence-corrected chi connectivity index (χ4v) is 3.12. The zero-order chi connectivity index (χ0) is 14.7. The normalized spacial score (nSPS) is 18.5. The van der Waals surface area contributed by atoms with Gasteiger partial charge in [-0.05, 0) is 61.6 Å². The van der Waals surface area contributed by atoms with Crippen LogP contribution in [0.15, 0.2) is 41.0 Å². The SMILES string of the molecule is COc1ccc2c(c1)C(NC(C)CCc1ccco1)CC2. The summed E-state index contributed by atoms with van der Waals surface area (Å²) in [5, 5.41) is 3.75. The average molecular weight is 285 g/mol. The van der Waals surface area contributed by atoms with E-state index in [-0.39, 0.29) is 0 Å². The Morgan fingerprint density at radius 2 is 2.29 bits per heavy atom. The summed E-state index contributed by atoms with van der Waals surface area (Å²) >= 11 is 0. The van der Waals surface area contributed by atoms with Gasteiger partial charge in [-0.25, -0.2) is 0 Å². The molecule has 3 rings (SSSR count). The molecule has 0 spiro atoms. The summed E-state index contributed by atoms with van der Waals surface area (Å²) in [6, 6.07) is 11.3. The van der Waals surface area contributed by atoms with Crippen molar-refractivity contribution in [2.75, 3.05) is 7.11 Å². The van der Waals surface area contributed by atoms with E-state index in [1.807, 2.05) is 12.1 Å². The van der Waals surface area contributed by atoms with Crippen LogP contribution in [0.1, 0.15) is 42.7 Å². The number of nitrogens with one attached hydrogen (secondary N) is 1. The van der Waals surface area contributed by atoms with Crippen molar-refractivity contribution in [1.29, 1.82) is 0 Å². The van der Waals surface area contributed by atoms with Crippen LogP contribution in [0.2, 0.25) is 0 Å². The molecule has 1 heterocycles. The molecule has 0 amide bonds. The smallest absolute Gasteiger partial charge is 0.119 e. The minimum atomic E-state index is 0.446. The van der Waals surface area contributed by atoms with E-state index >= 15 is 0 Å². The second-order valence-corrected chi connectivity index (χ2v) is 5.84. The number of fused-ring (bicyclic) bond motifs is 1. The first-order valence-electron chi connectivity index (χ1n) is 7.71. The standard InChI is InChI=1S/C18H23NO2/c1-13(5-8-15-4-3-11-21-15)19-18-10-7-14-6-9-16(20-2)12-17(14)18/h3-4,6,9,11-13,18-19H,5,7-8,10H2,1-2H3. The fraction of sp³-hybridized carbons (Fsp3) is 0.444. The van der Waals surface area contributed by atoms with E-state index in [2.05, 4.69) is 30.4 Å². The zero-order valence-corrected chi connectivity index (χ0v) is 12.8. The lowest BCUT2D eigenvalue weighted by Crippen LogP contribution is -2.29. The zero-order valence-electron chi connectivity index (χ0n) is 12.8. The van der Waals surface area contributed by atoms with Gasteiger partial charge in [0.25, 0.3) is 0 Å². The third-order valence-corrected chi connectivity index (χ3v) is 4.32. The van der Waals surface area contributed by atoms with Crippen molar-refractivity contribution in [2.24, 2.45) is 0 Å². The van der Waals surface area contributed by atoms with Gasteiger partial charge < -0.3 is 14.5 Å². The lowest BCUT2D eigenvalue weighted by atomic mass is 10.1. The number of hydrogen-bond donors (Lipinski definition) is 1. The Bertz CT molecular complexity index is 577. The fourth-order valence-electron chi connectivity index (χ4n) is 3.12. The van der Waals surface area contributed by atoms with Crippen LogP contribution in [-0.2, 0) is 12.8 Å². The van der Waals surface area contributed by atoms with Crippen LogP contribution in [0.4, 0.5) is 0 Å². The van der Waals surface area contributed by atoms with Gasteiger partial charge in [0, 0.05) is 18.5 Å². The third kappa shape index (κ3) is 3.30. The van der Waals surface area contributed by atoms with Crippen LogP contribution in [-0.4, -0.2) is 13.2 Å². The van der Waals surface area contributed by atoms with Gasteiger partial charge in [0.15, 0.2) is 0 Å². The molecule has 0 saturated carbocycles. The molecule has 1 aromatic heterocycles. The highest BCUT2D eigenvalue weighted by atomic mass is 16.5. The predicted octanol–water partition coefficient (Wildman–Crippen LogP) is 3.89. The van der Waals surface area contributed by atoms with Crippen molar-refractivity contribution >= 4 is 0 Å². The van der Waals surface area contributed by atoms with Gasteiger partial charge >= 0.3 is 0 Å². The van der Waals surface area contributed by atoms with E-state index in [0.717, 1.165) is 30.8 Å². The summed E-state index contributed by atoms with van der Waals surface area (Å²) < 4.78 is 10.7. The van der Waals surface area contributed by atoms with E-state index in [9.17, 15) is 0 Å². The Balaban J connectivity index is 1.59. The maximum absolute atomic E-state index is 5.40. The first kappa shape index (κ1) is 14.2. The topological polar surface area (TPSA) is 34.4 Å². The molecule has 2 unspecified atom stereocenters. The third-order valence-electron chi connectivity index (χ3n) is 4.32. The molecule has 2 atom stereocenters. The van der Waals surface area contributed by atoms with Gasteiger partial charge in [0.2, 0.25) is 0 Å². The van der Waals surface area contributed by atoms with Crippen LogP contribution in [0.3, 0.4) is 0 Å². The summed E-state index contributed by atoms with van der Waals surface area (Å²) in [6.07, 6.45) is 6.14. The van der Waals surface area contributed by atoms with Crippen LogP contribution in [0.25, 0.3) is 0 Å². The van der Waals surface area contributed by atoms with Crippen LogP contribution in [0, 0.1) is 0 Å². The van der Waals surface area contributed by atoms with Crippen molar-refractivity contribution in [2.45, 2.75) is 44.7 Å². The van der Waals surface area contributed by atoms with Crippen molar-refractivity contribution in [3.63, 3.8) is 0 Å². The molecule has 2 aromatic rings. The summed E-state index contributed by atoms with van der Waals surface area (Å²) in [5.41, 5.74) is 2.85. The average Bonchev–Trinajstić information content (AvgIpc) is 3.15. The van der Waals surface area contributed by atoms with E-state index in [1.165, 1.54) is 17.5 Å². The molecule has 3 nitrogen and oxygen atoms in total. The number of rotatable bonds is 6. The Morgan fingerprint density at radius 3 is 3.05 bits per heavy atom. The quantitative estimate of drug-likeness (QED) is 0.874. The second-order valence-electron chi connectivity index (χ2n) is 5.84. The van der Waals surface area contributed by atoms with E-state index in [0.29, 0.717) is 12.1 Å². The van der Waals surface area contributed by atoms with Gasteiger partial charge in [-0.2, -0.15) is 0 Å². The van der Waals surface area contributed by atoms with Crippen molar-refractivity contribution in [1.82, 2.24) is 5.32 Å². The first-order valence-corrected chi connectivity index (χ1v) is 7.71. The summed E-state index contributed by atoms with van der Waals surface area (Å²) in [7, 11) is 1.73. The number of hydrogen-bond acceptors (Lipinski definition) is 3. The number of furan rings is 1. The molecular weight excluding hydrogens is 262 g/mol. The summed E-state index contributed by atoms with van der Waals surface area (Å²) in [4.78, 5) is 0. The Labute approximate surface area is 126 Å². The van der Waals surface area contributed by atoms with Gasteiger partial charge in [-0.15, -0.1) is 0 Å². The maximum Gasteiger partial charge on any atom is 0.119 e. The lowest BCUT2D eigenvalue weighted by Gasteiger charge is -2.20. The van der Waals surface area contributed by atoms with E-state index < -0.39 is 0 Å². The molecule has 0 aliphatic heterocycles. The van der Waals surface area contributed by atoms with E-state index in [4.69, 9.17) is 9.15 Å². The Hall–Kier alpha value is -1.74. The van der Waals surface area contributed by atoms with Gasteiger partial charge in [-0.1, -0.05) is 6.07 Å². The highest BCUT2D eigenvalue weighted by Crippen LogP contribution is 2.34. The molecular formula is C18H23NO2. The van der Waals surface area contributed by atoms with Crippen LogP contribution >= 0.6 is 0 Å². The molecule has 112 valence electrons. The number of aryl methyl sites for hydroxylation is 2. The highest BCUT2D eigenvalue weighted by molar-refractivity contribution is 5.40. The van der Waals surface area contributed by atoms with Crippen molar-refractivity contribution in [3.8, 4) is 5.75 Å². The Kier molecular flexibility index (Phi) is 4.30. The van der Waals surface area contributed by atoms with Crippen molar-refractivity contribution < 1.29 is 9.15 Å². The van der Waals surface area contributed by atoms with Crippen molar-refractivity contribution in [3.05, 3.63) is 53.5 Å². The molecule has 1 aliphatic rings. The van der Waals surface area contributed by atoms with E-state index in [1.54, 1.807) is 13.4 Å². The van der Waals surface area contributed by atoms with Gasteiger partial charge in [-0.3, -0.25) is 0 Å². The number of methoxy groups -OCH3 is 1.